The Kier molecular flexibility index (Phi) is 4.48. The number of fused-ring (bicyclic) bond motifs is 1. The topological polar surface area (TPSA) is 3.24 Å². The van der Waals surface area contributed by atoms with E-state index in [2.05, 4.69) is 81.5 Å². The predicted molar refractivity (Wildman–Crippen MR) is 111 cm³/mol. The van der Waals surface area contributed by atoms with Crippen LogP contribution in [-0.2, 0) is 0 Å². The molecule has 0 N–H and O–H groups in total. The molecule has 0 aromatic heterocycles. The van der Waals surface area contributed by atoms with Gasteiger partial charge in [0.15, 0.2) is 0 Å². The summed E-state index contributed by atoms with van der Waals surface area (Å²) in [6, 6.07) is 31.0. The Morgan fingerprint density at radius 1 is 0.640 bits per heavy atom. The first-order chi connectivity index (χ1) is 12.2. The average molecular weight is 409 g/mol. The molecular formula is C22H15BrClN. The number of para-hydroxylation sites is 1. The van der Waals surface area contributed by atoms with Gasteiger partial charge in [-0.15, -0.1) is 0 Å². The van der Waals surface area contributed by atoms with Crippen molar-refractivity contribution in [2.75, 3.05) is 4.90 Å². The molecule has 0 aliphatic carbocycles. The molecule has 0 amide bonds. The van der Waals surface area contributed by atoms with Gasteiger partial charge >= 0.3 is 0 Å². The van der Waals surface area contributed by atoms with E-state index in [4.69, 9.17) is 11.6 Å². The second-order valence-electron chi connectivity index (χ2n) is 5.76. The summed E-state index contributed by atoms with van der Waals surface area (Å²) >= 11 is 9.87. The van der Waals surface area contributed by atoms with Gasteiger partial charge in [0.25, 0.3) is 0 Å². The molecule has 4 aromatic carbocycles. The average Bonchev–Trinajstić information content (AvgIpc) is 2.66. The molecule has 0 aliphatic rings. The van der Waals surface area contributed by atoms with E-state index in [1.807, 2.05) is 30.3 Å². The summed E-state index contributed by atoms with van der Waals surface area (Å²) in [4.78, 5) is 2.25. The minimum atomic E-state index is 0.730. The first kappa shape index (κ1) is 16.2. The van der Waals surface area contributed by atoms with Crippen LogP contribution in [0.5, 0.6) is 0 Å². The molecule has 0 aliphatic heterocycles. The third-order valence-corrected chi connectivity index (χ3v) is 5.07. The lowest BCUT2D eigenvalue weighted by Gasteiger charge is -2.28. The Morgan fingerprint density at radius 3 is 2.04 bits per heavy atom. The Bertz CT molecular complexity index is 1010. The first-order valence-electron chi connectivity index (χ1n) is 8.02. The van der Waals surface area contributed by atoms with E-state index in [1.54, 1.807) is 0 Å². The van der Waals surface area contributed by atoms with E-state index in [0.29, 0.717) is 0 Å². The Balaban J connectivity index is 2.02. The molecular weight excluding hydrogens is 394 g/mol. The van der Waals surface area contributed by atoms with Crippen molar-refractivity contribution in [1.29, 1.82) is 0 Å². The lowest BCUT2D eigenvalue weighted by Crippen LogP contribution is -2.11. The molecule has 0 saturated carbocycles. The van der Waals surface area contributed by atoms with Gasteiger partial charge in [0.2, 0.25) is 0 Å². The van der Waals surface area contributed by atoms with Crippen LogP contribution >= 0.6 is 27.5 Å². The van der Waals surface area contributed by atoms with Crippen molar-refractivity contribution in [3.8, 4) is 0 Å². The van der Waals surface area contributed by atoms with Gasteiger partial charge in [-0.05, 0) is 63.8 Å². The fraction of sp³-hybridized carbons (Fsp3) is 0. The molecule has 0 radical (unpaired) electrons. The Hall–Kier alpha value is -2.29. The minimum absolute atomic E-state index is 0.730. The van der Waals surface area contributed by atoms with Crippen molar-refractivity contribution in [2.45, 2.75) is 0 Å². The maximum atomic E-state index is 6.11. The zero-order valence-electron chi connectivity index (χ0n) is 13.4. The van der Waals surface area contributed by atoms with Crippen LogP contribution in [0, 0.1) is 0 Å². The zero-order valence-corrected chi connectivity index (χ0v) is 15.7. The molecule has 0 unspecified atom stereocenters. The number of rotatable bonds is 3. The molecule has 3 heteroatoms. The molecule has 0 fully saturated rings. The number of nitrogens with zero attached hydrogens (tertiary/aromatic N) is 1. The van der Waals surface area contributed by atoms with Gasteiger partial charge in [-0.1, -0.05) is 60.1 Å². The molecule has 122 valence electrons. The molecule has 0 spiro atoms. The smallest absolute Gasteiger partial charge is 0.0682 e. The SMILES string of the molecule is Clc1ccc(N(c2ccccc2)c2c(Br)ccc3ccccc23)cc1. The number of halogens is 2. The molecule has 4 rings (SSSR count). The molecule has 25 heavy (non-hydrogen) atoms. The summed E-state index contributed by atoms with van der Waals surface area (Å²) in [5.41, 5.74) is 3.28. The number of hydrogen-bond donors (Lipinski definition) is 0. The lowest BCUT2D eigenvalue weighted by molar-refractivity contribution is 1.29. The van der Waals surface area contributed by atoms with Crippen molar-refractivity contribution < 1.29 is 0 Å². The number of anilines is 3. The summed E-state index contributed by atoms with van der Waals surface area (Å²) in [6.07, 6.45) is 0. The van der Waals surface area contributed by atoms with Gasteiger partial charge in [0.1, 0.15) is 0 Å². The fourth-order valence-corrected chi connectivity index (χ4v) is 3.68. The van der Waals surface area contributed by atoms with Crippen molar-refractivity contribution in [3.63, 3.8) is 0 Å². The molecule has 4 aromatic rings. The van der Waals surface area contributed by atoms with Gasteiger partial charge in [-0.25, -0.2) is 0 Å². The molecule has 0 saturated heterocycles. The fourth-order valence-electron chi connectivity index (χ4n) is 3.03. The second kappa shape index (κ2) is 6.91. The summed E-state index contributed by atoms with van der Waals surface area (Å²) in [6.45, 7) is 0. The van der Waals surface area contributed by atoms with E-state index in [-0.39, 0.29) is 0 Å². The second-order valence-corrected chi connectivity index (χ2v) is 7.06. The van der Waals surface area contributed by atoms with Crippen LogP contribution in [0.15, 0.2) is 95.5 Å². The highest BCUT2D eigenvalue weighted by atomic mass is 79.9. The van der Waals surface area contributed by atoms with Gasteiger partial charge in [-0.2, -0.15) is 0 Å². The standard InChI is InChI=1S/C22H15BrClN/c23-21-15-10-16-6-4-5-9-20(16)22(21)25(18-7-2-1-3-8-18)19-13-11-17(24)12-14-19/h1-15H. The van der Waals surface area contributed by atoms with Crippen LogP contribution in [0.1, 0.15) is 0 Å². The monoisotopic (exact) mass is 407 g/mol. The largest absolute Gasteiger partial charge is 0.309 e. The van der Waals surface area contributed by atoms with Crippen molar-refractivity contribution in [3.05, 3.63) is 100 Å². The summed E-state index contributed by atoms with van der Waals surface area (Å²) in [5, 5.41) is 3.13. The highest BCUT2D eigenvalue weighted by Crippen LogP contribution is 2.43. The normalized spacial score (nSPS) is 10.8. The molecule has 1 nitrogen and oxygen atoms in total. The molecule has 0 atom stereocenters. The minimum Gasteiger partial charge on any atom is -0.309 e. The van der Waals surface area contributed by atoms with Gasteiger partial charge in [0, 0.05) is 26.3 Å². The van der Waals surface area contributed by atoms with Crippen LogP contribution in [0.2, 0.25) is 5.02 Å². The molecule has 0 heterocycles. The highest BCUT2D eigenvalue weighted by molar-refractivity contribution is 9.10. The third kappa shape index (κ3) is 3.15. The first-order valence-corrected chi connectivity index (χ1v) is 9.19. The van der Waals surface area contributed by atoms with Crippen molar-refractivity contribution in [1.82, 2.24) is 0 Å². The summed E-state index contributed by atoms with van der Waals surface area (Å²) < 4.78 is 1.05. The van der Waals surface area contributed by atoms with Crippen molar-refractivity contribution in [2.24, 2.45) is 0 Å². The maximum Gasteiger partial charge on any atom is 0.0682 e. The zero-order chi connectivity index (χ0) is 17.2. The van der Waals surface area contributed by atoms with Gasteiger partial charge in [0.05, 0.1) is 5.69 Å². The van der Waals surface area contributed by atoms with E-state index in [9.17, 15) is 0 Å². The quantitative estimate of drug-likeness (QED) is 0.335. The van der Waals surface area contributed by atoms with E-state index in [1.165, 1.54) is 10.8 Å². The number of hydrogen-bond acceptors (Lipinski definition) is 1. The molecule has 0 bridgehead atoms. The number of benzene rings is 4. The van der Waals surface area contributed by atoms with E-state index >= 15 is 0 Å². The van der Waals surface area contributed by atoms with Crippen LogP contribution in [0.4, 0.5) is 17.1 Å². The van der Waals surface area contributed by atoms with Gasteiger partial charge in [-0.3, -0.25) is 0 Å². The van der Waals surface area contributed by atoms with E-state index < -0.39 is 0 Å². The van der Waals surface area contributed by atoms with Crippen LogP contribution in [-0.4, -0.2) is 0 Å². The maximum absolute atomic E-state index is 6.11. The van der Waals surface area contributed by atoms with Gasteiger partial charge < -0.3 is 4.90 Å². The van der Waals surface area contributed by atoms with Crippen molar-refractivity contribution >= 4 is 55.4 Å². The third-order valence-electron chi connectivity index (χ3n) is 4.17. The van der Waals surface area contributed by atoms with E-state index in [0.717, 1.165) is 26.6 Å². The summed E-state index contributed by atoms with van der Waals surface area (Å²) in [5.74, 6) is 0. The summed E-state index contributed by atoms with van der Waals surface area (Å²) in [7, 11) is 0. The van der Waals surface area contributed by atoms with Crippen LogP contribution < -0.4 is 4.90 Å². The Morgan fingerprint density at radius 2 is 1.28 bits per heavy atom. The van der Waals surface area contributed by atoms with Crippen LogP contribution in [0.3, 0.4) is 0 Å². The lowest BCUT2D eigenvalue weighted by atomic mass is 10.1. The highest BCUT2D eigenvalue weighted by Gasteiger charge is 2.17. The van der Waals surface area contributed by atoms with Crippen LogP contribution in [0.25, 0.3) is 10.8 Å². The predicted octanol–water partition coefficient (Wildman–Crippen LogP) is 7.73. The Labute approximate surface area is 160 Å².